The predicted octanol–water partition coefficient (Wildman–Crippen LogP) is 2.73. The summed E-state index contributed by atoms with van der Waals surface area (Å²) in [6.45, 7) is 5.55. The van der Waals surface area contributed by atoms with Crippen LogP contribution in [0.3, 0.4) is 0 Å². The molecule has 1 saturated heterocycles. The van der Waals surface area contributed by atoms with Crippen LogP contribution in [0.25, 0.3) is 0 Å². The van der Waals surface area contributed by atoms with Crippen molar-refractivity contribution < 1.29 is 9.84 Å². The standard InChI is InChI=1S/C15H20BrNO2/c1-15(18)3-5-17(6-4-15)10-12-9-13(16)8-11-2-7-19-14(11)12/h8-9,18H,2-7,10H2,1H3. The van der Waals surface area contributed by atoms with E-state index >= 15 is 0 Å². The highest BCUT2D eigenvalue weighted by Gasteiger charge is 2.28. The minimum Gasteiger partial charge on any atom is -0.493 e. The molecule has 2 aliphatic rings. The molecule has 104 valence electrons. The Kier molecular flexibility index (Phi) is 3.58. The summed E-state index contributed by atoms with van der Waals surface area (Å²) >= 11 is 3.58. The van der Waals surface area contributed by atoms with Crippen LogP contribution < -0.4 is 4.74 Å². The fraction of sp³-hybridized carbons (Fsp3) is 0.600. The summed E-state index contributed by atoms with van der Waals surface area (Å²) in [7, 11) is 0. The van der Waals surface area contributed by atoms with Crippen molar-refractivity contribution in [2.45, 2.75) is 38.3 Å². The minimum absolute atomic E-state index is 0.480. The molecule has 0 radical (unpaired) electrons. The number of likely N-dealkylation sites (tertiary alicyclic amines) is 1. The second-order valence-electron chi connectivity index (χ2n) is 5.92. The average Bonchev–Trinajstić information content (AvgIpc) is 2.80. The fourth-order valence-corrected chi connectivity index (χ4v) is 3.45. The van der Waals surface area contributed by atoms with Gasteiger partial charge in [0, 0.05) is 36.1 Å². The van der Waals surface area contributed by atoms with E-state index in [1.165, 1.54) is 11.1 Å². The topological polar surface area (TPSA) is 32.7 Å². The summed E-state index contributed by atoms with van der Waals surface area (Å²) in [6, 6.07) is 4.32. The van der Waals surface area contributed by atoms with Crippen LogP contribution in [0.2, 0.25) is 0 Å². The summed E-state index contributed by atoms with van der Waals surface area (Å²) in [5.41, 5.74) is 2.10. The lowest BCUT2D eigenvalue weighted by atomic mass is 9.93. The lowest BCUT2D eigenvalue weighted by molar-refractivity contribution is -0.00742. The third-order valence-corrected chi connectivity index (χ3v) is 4.61. The first kappa shape index (κ1) is 13.4. The van der Waals surface area contributed by atoms with Crippen LogP contribution >= 0.6 is 15.9 Å². The highest BCUT2D eigenvalue weighted by molar-refractivity contribution is 9.10. The van der Waals surface area contributed by atoms with Gasteiger partial charge in [0.05, 0.1) is 12.2 Å². The number of hydrogen-bond acceptors (Lipinski definition) is 3. The Morgan fingerprint density at radius 2 is 2.11 bits per heavy atom. The normalized spacial score (nSPS) is 22.1. The van der Waals surface area contributed by atoms with Gasteiger partial charge >= 0.3 is 0 Å². The van der Waals surface area contributed by atoms with Gasteiger partial charge in [0.2, 0.25) is 0 Å². The first-order chi connectivity index (χ1) is 9.03. The Hall–Kier alpha value is -0.580. The molecule has 19 heavy (non-hydrogen) atoms. The molecule has 0 atom stereocenters. The van der Waals surface area contributed by atoms with E-state index in [1.54, 1.807) is 0 Å². The molecule has 0 aliphatic carbocycles. The number of fused-ring (bicyclic) bond motifs is 1. The van der Waals surface area contributed by atoms with Gasteiger partial charge in [-0.05, 0) is 37.5 Å². The zero-order chi connectivity index (χ0) is 13.5. The SMILES string of the molecule is CC1(O)CCN(Cc2cc(Br)cc3c2OCC3)CC1. The summed E-state index contributed by atoms with van der Waals surface area (Å²) < 4.78 is 6.91. The number of aliphatic hydroxyl groups is 1. The number of benzene rings is 1. The Bertz CT molecular complexity index is 477. The number of piperidine rings is 1. The van der Waals surface area contributed by atoms with Crippen LogP contribution in [0.5, 0.6) is 5.75 Å². The summed E-state index contributed by atoms with van der Waals surface area (Å²) in [5.74, 6) is 1.08. The third-order valence-electron chi connectivity index (χ3n) is 4.15. The zero-order valence-corrected chi connectivity index (χ0v) is 12.9. The van der Waals surface area contributed by atoms with Gasteiger partial charge < -0.3 is 9.84 Å². The first-order valence-electron chi connectivity index (χ1n) is 6.92. The van der Waals surface area contributed by atoms with E-state index < -0.39 is 5.60 Å². The van der Waals surface area contributed by atoms with Crippen LogP contribution in [0.4, 0.5) is 0 Å². The van der Waals surface area contributed by atoms with Gasteiger partial charge in [0.25, 0.3) is 0 Å². The van der Waals surface area contributed by atoms with Gasteiger partial charge in [-0.15, -0.1) is 0 Å². The molecule has 1 aromatic rings. The van der Waals surface area contributed by atoms with Crippen molar-refractivity contribution in [3.63, 3.8) is 0 Å². The maximum absolute atomic E-state index is 10.00. The van der Waals surface area contributed by atoms with Crippen LogP contribution in [-0.2, 0) is 13.0 Å². The third kappa shape index (κ3) is 2.96. The van der Waals surface area contributed by atoms with Gasteiger partial charge in [-0.3, -0.25) is 4.90 Å². The van der Waals surface area contributed by atoms with Crippen molar-refractivity contribution in [1.29, 1.82) is 0 Å². The number of hydrogen-bond donors (Lipinski definition) is 1. The second-order valence-corrected chi connectivity index (χ2v) is 6.84. The molecule has 3 nitrogen and oxygen atoms in total. The van der Waals surface area contributed by atoms with Gasteiger partial charge in [-0.1, -0.05) is 15.9 Å². The molecule has 1 aromatic carbocycles. The molecular weight excluding hydrogens is 306 g/mol. The van der Waals surface area contributed by atoms with Crippen molar-refractivity contribution >= 4 is 15.9 Å². The highest BCUT2D eigenvalue weighted by Crippen LogP contribution is 2.34. The fourth-order valence-electron chi connectivity index (χ4n) is 2.90. The molecule has 1 N–H and O–H groups in total. The minimum atomic E-state index is -0.480. The molecule has 2 aliphatic heterocycles. The summed E-state index contributed by atoms with van der Waals surface area (Å²) in [6.07, 6.45) is 2.71. The van der Waals surface area contributed by atoms with Crippen molar-refractivity contribution in [2.75, 3.05) is 19.7 Å². The van der Waals surface area contributed by atoms with Crippen LogP contribution in [-0.4, -0.2) is 35.3 Å². The molecule has 0 amide bonds. The zero-order valence-electron chi connectivity index (χ0n) is 11.3. The highest BCUT2D eigenvalue weighted by atomic mass is 79.9. The quantitative estimate of drug-likeness (QED) is 0.907. The molecule has 0 spiro atoms. The Labute approximate surface area is 122 Å². The molecular formula is C15H20BrNO2. The van der Waals surface area contributed by atoms with Crippen molar-refractivity contribution in [1.82, 2.24) is 4.90 Å². The molecule has 0 saturated carbocycles. The Morgan fingerprint density at radius 1 is 1.37 bits per heavy atom. The largest absolute Gasteiger partial charge is 0.493 e. The predicted molar refractivity (Wildman–Crippen MR) is 78.5 cm³/mol. The number of ether oxygens (including phenoxy) is 1. The van der Waals surface area contributed by atoms with Crippen LogP contribution in [0.1, 0.15) is 30.9 Å². The molecule has 0 bridgehead atoms. The molecule has 0 aromatic heterocycles. The summed E-state index contributed by atoms with van der Waals surface area (Å²) in [4.78, 5) is 2.40. The first-order valence-corrected chi connectivity index (χ1v) is 7.72. The van der Waals surface area contributed by atoms with E-state index in [1.807, 2.05) is 6.92 Å². The van der Waals surface area contributed by atoms with E-state index in [9.17, 15) is 5.11 Å². The van der Waals surface area contributed by atoms with Gasteiger partial charge in [-0.2, -0.15) is 0 Å². The Balaban J connectivity index is 1.74. The monoisotopic (exact) mass is 325 g/mol. The average molecular weight is 326 g/mol. The molecule has 0 unspecified atom stereocenters. The molecule has 3 rings (SSSR count). The van der Waals surface area contributed by atoms with Crippen LogP contribution in [0, 0.1) is 0 Å². The van der Waals surface area contributed by atoms with Gasteiger partial charge in [-0.25, -0.2) is 0 Å². The second kappa shape index (κ2) is 5.08. The van der Waals surface area contributed by atoms with E-state index in [0.29, 0.717) is 0 Å². The Morgan fingerprint density at radius 3 is 2.84 bits per heavy atom. The lowest BCUT2D eigenvalue weighted by Gasteiger charge is -2.36. The van der Waals surface area contributed by atoms with Crippen LogP contribution in [0.15, 0.2) is 16.6 Å². The molecule has 4 heteroatoms. The maximum atomic E-state index is 10.00. The summed E-state index contributed by atoms with van der Waals surface area (Å²) in [5, 5.41) is 10.00. The van der Waals surface area contributed by atoms with Gasteiger partial charge in [0.1, 0.15) is 5.75 Å². The lowest BCUT2D eigenvalue weighted by Crippen LogP contribution is -2.42. The van der Waals surface area contributed by atoms with Gasteiger partial charge in [0.15, 0.2) is 0 Å². The maximum Gasteiger partial charge on any atom is 0.127 e. The van der Waals surface area contributed by atoms with Crippen molar-refractivity contribution in [2.24, 2.45) is 0 Å². The van der Waals surface area contributed by atoms with E-state index in [4.69, 9.17) is 4.74 Å². The van der Waals surface area contributed by atoms with E-state index in [0.717, 1.165) is 55.7 Å². The number of halogens is 1. The number of nitrogens with zero attached hydrogens (tertiary/aromatic N) is 1. The molecule has 2 heterocycles. The van der Waals surface area contributed by atoms with E-state index in [2.05, 4.69) is 33.0 Å². The smallest absolute Gasteiger partial charge is 0.127 e. The number of rotatable bonds is 2. The molecule has 1 fully saturated rings. The van der Waals surface area contributed by atoms with E-state index in [-0.39, 0.29) is 0 Å². The van der Waals surface area contributed by atoms with Crippen molar-refractivity contribution in [3.8, 4) is 5.75 Å². The van der Waals surface area contributed by atoms with Crippen molar-refractivity contribution in [3.05, 3.63) is 27.7 Å².